The van der Waals surface area contributed by atoms with Crippen LogP contribution in [0.15, 0.2) is 36.4 Å². The zero-order chi connectivity index (χ0) is 20.6. The van der Waals surface area contributed by atoms with Crippen LogP contribution in [0.5, 0.6) is 0 Å². The number of alkyl halides is 4. The third kappa shape index (κ3) is 4.77. The van der Waals surface area contributed by atoms with Crippen molar-refractivity contribution in [3.63, 3.8) is 0 Å². The zero-order valence-electron chi connectivity index (χ0n) is 13.6. The smallest absolute Gasteiger partial charge is 0.294 e. The average Bonchev–Trinajstić information content (AvgIpc) is 2.52. The summed E-state index contributed by atoms with van der Waals surface area (Å²) < 4.78 is 41.2. The predicted octanol–water partition coefficient (Wildman–Crippen LogP) is 6.95. The van der Waals surface area contributed by atoms with Crippen LogP contribution < -0.4 is 0 Å². The maximum absolute atomic E-state index is 13.7. The second-order valence-corrected chi connectivity index (χ2v) is 7.72. The average molecular weight is 458 g/mol. The molecule has 0 spiro atoms. The largest absolute Gasteiger partial charge is 0.412 e. The number of hydrogen-bond donors (Lipinski definition) is 0. The first kappa shape index (κ1) is 22.0. The van der Waals surface area contributed by atoms with Gasteiger partial charge in [0, 0.05) is 27.6 Å². The summed E-state index contributed by atoms with van der Waals surface area (Å²) in [6, 6.07) is 7.08. The highest BCUT2D eigenvalue weighted by molar-refractivity contribution is 6.67. The van der Waals surface area contributed by atoms with Crippen LogP contribution in [0.2, 0.25) is 10.0 Å². The van der Waals surface area contributed by atoms with Gasteiger partial charge in [0.2, 0.25) is 0 Å². The van der Waals surface area contributed by atoms with E-state index in [4.69, 9.17) is 46.4 Å². The van der Waals surface area contributed by atoms with Crippen molar-refractivity contribution >= 4 is 57.4 Å². The lowest BCUT2D eigenvalue weighted by molar-refractivity contribution is -0.164. The fraction of sp³-hybridized carbons (Fsp3) is 0.222. The number of ketones is 1. The van der Waals surface area contributed by atoms with Crippen LogP contribution in [0, 0.1) is 6.92 Å². The summed E-state index contributed by atoms with van der Waals surface area (Å²) in [6.45, 7) is 1.51. The van der Waals surface area contributed by atoms with Gasteiger partial charge in [-0.3, -0.25) is 9.59 Å². The molecule has 0 N–H and O–H groups in total. The molecule has 0 aromatic heterocycles. The molecule has 0 saturated heterocycles. The van der Waals surface area contributed by atoms with Crippen LogP contribution in [0.1, 0.15) is 38.3 Å². The Balaban J connectivity index is 2.46. The molecule has 0 saturated carbocycles. The molecule has 0 heterocycles. The minimum Gasteiger partial charge on any atom is -0.294 e. The number of hydrogen-bond acceptors (Lipinski definition) is 2. The summed E-state index contributed by atoms with van der Waals surface area (Å²) in [5.41, 5.74) is 0.0463. The molecule has 0 aliphatic heterocycles. The summed E-state index contributed by atoms with van der Waals surface area (Å²) in [5, 5.41) is -0.817. The number of benzene rings is 2. The van der Waals surface area contributed by atoms with Gasteiger partial charge in [0.1, 0.15) is 0 Å². The van der Waals surface area contributed by atoms with E-state index >= 15 is 0 Å². The van der Waals surface area contributed by atoms with Gasteiger partial charge in [0.25, 0.3) is 5.24 Å². The van der Waals surface area contributed by atoms with Gasteiger partial charge in [-0.1, -0.05) is 29.3 Å². The molecule has 0 aliphatic carbocycles. The summed E-state index contributed by atoms with van der Waals surface area (Å²) in [5.74, 6) is -0.866. The molecule has 9 heteroatoms. The minimum atomic E-state index is -4.96. The third-order valence-electron chi connectivity index (χ3n) is 3.93. The molecular weight excluding hydrogens is 447 g/mol. The molecule has 144 valence electrons. The van der Waals surface area contributed by atoms with E-state index < -0.39 is 34.1 Å². The molecular formula is C18H11Cl4F3O2. The molecule has 0 bridgehead atoms. The van der Waals surface area contributed by atoms with Gasteiger partial charge in [-0.15, -0.1) is 11.6 Å². The van der Waals surface area contributed by atoms with Crippen molar-refractivity contribution in [2.75, 3.05) is 0 Å². The van der Waals surface area contributed by atoms with Crippen LogP contribution in [-0.2, 0) is 4.87 Å². The molecule has 0 radical (unpaired) electrons. The Morgan fingerprint density at radius 3 is 2.00 bits per heavy atom. The Morgan fingerprint density at radius 2 is 1.56 bits per heavy atom. The topological polar surface area (TPSA) is 34.1 Å². The van der Waals surface area contributed by atoms with Gasteiger partial charge in [-0.2, -0.15) is 13.2 Å². The first-order valence-corrected chi connectivity index (χ1v) is 8.92. The van der Waals surface area contributed by atoms with Crippen LogP contribution in [0.4, 0.5) is 13.2 Å². The number of Topliss-reactive ketones (excluding diaryl/α,β-unsaturated/α-hetero) is 1. The molecule has 2 aromatic rings. The molecule has 2 rings (SSSR count). The van der Waals surface area contributed by atoms with Crippen molar-refractivity contribution in [3.05, 3.63) is 68.7 Å². The fourth-order valence-corrected chi connectivity index (χ4v) is 3.50. The Morgan fingerprint density at radius 1 is 1.00 bits per heavy atom. The van der Waals surface area contributed by atoms with Crippen molar-refractivity contribution in [1.29, 1.82) is 0 Å². The van der Waals surface area contributed by atoms with Crippen molar-refractivity contribution in [2.45, 2.75) is 24.4 Å². The fourth-order valence-electron chi connectivity index (χ4n) is 2.53. The minimum absolute atomic E-state index is 0.0310. The molecule has 1 atom stereocenters. The number of rotatable bonds is 5. The third-order valence-corrected chi connectivity index (χ3v) is 5.14. The highest BCUT2D eigenvalue weighted by Gasteiger charge is 2.56. The maximum atomic E-state index is 13.7. The highest BCUT2D eigenvalue weighted by atomic mass is 35.5. The number of carbonyl (C=O) groups excluding carboxylic acids is 2. The molecule has 0 amide bonds. The molecule has 0 aliphatic rings. The summed E-state index contributed by atoms with van der Waals surface area (Å²) in [6.07, 6.45) is -6.04. The Kier molecular flexibility index (Phi) is 6.52. The van der Waals surface area contributed by atoms with Crippen molar-refractivity contribution < 1.29 is 22.8 Å². The van der Waals surface area contributed by atoms with Crippen LogP contribution in [0.25, 0.3) is 0 Å². The van der Waals surface area contributed by atoms with E-state index in [2.05, 4.69) is 0 Å². The van der Waals surface area contributed by atoms with E-state index in [1.54, 1.807) is 0 Å². The van der Waals surface area contributed by atoms with E-state index in [0.717, 1.165) is 12.1 Å². The van der Waals surface area contributed by atoms with Crippen LogP contribution in [0.3, 0.4) is 0 Å². The second kappa shape index (κ2) is 8.00. The lowest BCUT2D eigenvalue weighted by Crippen LogP contribution is -2.39. The van der Waals surface area contributed by atoms with E-state index in [9.17, 15) is 22.8 Å². The number of aryl methyl sites for hydroxylation is 1. The van der Waals surface area contributed by atoms with Gasteiger partial charge in [-0.25, -0.2) is 0 Å². The Labute approximate surface area is 173 Å². The molecule has 1 unspecified atom stereocenters. The van der Waals surface area contributed by atoms with E-state index in [1.165, 1.54) is 31.2 Å². The zero-order valence-corrected chi connectivity index (χ0v) is 16.7. The summed E-state index contributed by atoms with van der Waals surface area (Å²) in [7, 11) is 0. The maximum Gasteiger partial charge on any atom is 0.412 e. The van der Waals surface area contributed by atoms with E-state index in [0.29, 0.717) is 5.56 Å². The SMILES string of the molecule is Cc1cc(C(=O)CC(Cl)(c2cc(Cl)cc(Cl)c2)C(F)(F)F)ccc1C(=O)Cl. The van der Waals surface area contributed by atoms with Crippen molar-refractivity contribution in [2.24, 2.45) is 0 Å². The first-order valence-electron chi connectivity index (χ1n) is 7.41. The first-order chi connectivity index (χ1) is 12.3. The molecule has 2 nitrogen and oxygen atoms in total. The van der Waals surface area contributed by atoms with Gasteiger partial charge < -0.3 is 0 Å². The van der Waals surface area contributed by atoms with Gasteiger partial charge in [-0.05, 0) is 60.0 Å². The Hall–Kier alpha value is -1.27. The molecule has 27 heavy (non-hydrogen) atoms. The lowest BCUT2D eigenvalue weighted by atomic mass is 9.89. The van der Waals surface area contributed by atoms with Crippen LogP contribution in [-0.4, -0.2) is 17.2 Å². The molecule has 2 aromatic carbocycles. The van der Waals surface area contributed by atoms with Gasteiger partial charge >= 0.3 is 6.18 Å². The predicted molar refractivity (Wildman–Crippen MR) is 100 cm³/mol. The van der Waals surface area contributed by atoms with Crippen molar-refractivity contribution in [3.8, 4) is 0 Å². The monoisotopic (exact) mass is 456 g/mol. The Bertz CT molecular complexity index is 892. The van der Waals surface area contributed by atoms with Crippen LogP contribution >= 0.6 is 46.4 Å². The molecule has 0 fully saturated rings. The standard InChI is InChI=1S/C18H11Cl4F3O2/c1-9-4-10(2-3-14(9)16(21)27)15(26)8-17(22,18(23,24)25)11-5-12(19)7-13(20)6-11/h2-7H,8H2,1H3. The number of carbonyl (C=O) groups is 2. The van der Waals surface area contributed by atoms with E-state index in [-0.39, 0.29) is 21.2 Å². The summed E-state index contributed by atoms with van der Waals surface area (Å²) >= 11 is 22.9. The summed E-state index contributed by atoms with van der Waals surface area (Å²) in [4.78, 5) is 20.7. The quantitative estimate of drug-likeness (QED) is 0.276. The normalized spacial score (nSPS) is 13.9. The van der Waals surface area contributed by atoms with E-state index in [1.807, 2.05) is 0 Å². The lowest BCUT2D eigenvalue weighted by Gasteiger charge is -2.30. The highest BCUT2D eigenvalue weighted by Crippen LogP contribution is 2.49. The van der Waals surface area contributed by atoms with Crippen molar-refractivity contribution in [1.82, 2.24) is 0 Å². The number of halogens is 7. The van der Waals surface area contributed by atoms with Gasteiger partial charge in [0.15, 0.2) is 10.7 Å². The second-order valence-electron chi connectivity index (χ2n) is 5.86. The van der Waals surface area contributed by atoms with Gasteiger partial charge in [0.05, 0.1) is 0 Å².